The second kappa shape index (κ2) is 9.50. The number of rotatable bonds is 6. The Labute approximate surface area is 171 Å². The summed E-state index contributed by atoms with van der Waals surface area (Å²) in [7, 11) is 0. The molecule has 146 valence electrons. The minimum absolute atomic E-state index is 0.0620. The normalized spacial score (nSPS) is 18.5. The van der Waals surface area contributed by atoms with Crippen LogP contribution in [-0.4, -0.2) is 53.9 Å². The van der Waals surface area contributed by atoms with Crippen molar-refractivity contribution in [3.05, 3.63) is 71.8 Å². The summed E-state index contributed by atoms with van der Waals surface area (Å²) >= 11 is 3.16. The first kappa shape index (κ1) is 20.1. The van der Waals surface area contributed by atoms with Crippen LogP contribution in [0.25, 0.3) is 0 Å². The highest BCUT2D eigenvalue weighted by molar-refractivity contribution is 9.09. The number of alkyl halides is 1. The number of halogens is 1. The summed E-state index contributed by atoms with van der Waals surface area (Å²) in [6, 6.07) is 17.3. The van der Waals surface area contributed by atoms with Gasteiger partial charge in [-0.2, -0.15) is 0 Å². The van der Waals surface area contributed by atoms with Crippen molar-refractivity contribution in [1.82, 2.24) is 4.90 Å². The molecule has 2 unspecified atom stereocenters. The minimum atomic E-state index is -0.542. The average Bonchev–Trinajstić information content (AvgIpc) is 3.15. The maximum Gasteiger partial charge on any atom is 0.338 e. The Bertz CT molecular complexity index is 827. The summed E-state index contributed by atoms with van der Waals surface area (Å²) in [4.78, 5) is 38.3. The van der Waals surface area contributed by atoms with Crippen molar-refractivity contribution in [2.24, 2.45) is 5.92 Å². The molecule has 2 aromatic carbocycles. The van der Waals surface area contributed by atoms with Gasteiger partial charge in [-0.3, -0.25) is 4.79 Å². The number of ether oxygens (including phenoxy) is 2. The van der Waals surface area contributed by atoms with Crippen LogP contribution < -0.4 is 0 Å². The Balaban J connectivity index is 1.66. The number of carbonyl (C=O) groups is 3. The predicted molar refractivity (Wildman–Crippen MR) is 106 cm³/mol. The van der Waals surface area contributed by atoms with Crippen LogP contribution in [0.2, 0.25) is 0 Å². The molecule has 1 fully saturated rings. The monoisotopic (exact) mass is 445 g/mol. The molecule has 28 heavy (non-hydrogen) atoms. The average molecular weight is 446 g/mol. The van der Waals surface area contributed by atoms with E-state index in [1.807, 2.05) is 12.1 Å². The third-order valence-corrected chi connectivity index (χ3v) is 5.03. The van der Waals surface area contributed by atoms with E-state index in [9.17, 15) is 14.4 Å². The molecule has 1 aliphatic heterocycles. The van der Waals surface area contributed by atoms with Gasteiger partial charge >= 0.3 is 11.9 Å². The topological polar surface area (TPSA) is 72.9 Å². The van der Waals surface area contributed by atoms with Crippen molar-refractivity contribution < 1.29 is 23.9 Å². The third kappa shape index (κ3) is 4.98. The highest BCUT2D eigenvalue weighted by Gasteiger charge is 2.38. The zero-order valence-electron chi connectivity index (χ0n) is 15.1. The molecule has 1 saturated heterocycles. The molecule has 2 atom stereocenters. The fraction of sp³-hybridized carbons (Fsp3) is 0.286. The second-order valence-electron chi connectivity index (χ2n) is 6.47. The van der Waals surface area contributed by atoms with Crippen molar-refractivity contribution in [2.45, 2.75) is 6.10 Å². The quantitative estimate of drug-likeness (QED) is 0.504. The molecule has 2 aromatic rings. The number of carbonyl (C=O) groups excluding carboxylic acids is 3. The van der Waals surface area contributed by atoms with Gasteiger partial charge in [0.15, 0.2) is 0 Å². The number of likely N-dealkylation sites (tertiary alicyclic amines) is 1. The molecule has 0 aromatic heterocycles. The van der Waals surface area contributed by atoms with Gasteiger partial charge in [0.2, 0.25) is 5.91 Å². The Morgan fingerprint density at radius 3 is 2.04 bits per heavy atom. The molecule has 0 saturated carbocycles. The zero-order valence-corrected chi connectivity index (χ0v) is 16.7. The predicted octanol–water partition coefficient (Wildman–Crippen LogP) is 2.92. The number of amides is 1. The highest BCUT2D eigenvalue weighted by Crippen LogP contribution is 2.23. The molecule has 1 heterocycles. The molecule has 0 bridgehead atoms. The number of benzene rings is 2. The van der Waals surface area contributed by atoms with Gasteiger partial charge in [-0.25, -0.2) is 9.59 Å². The molecular weight excluding hydrogens is 426 g/mol. The summed E-state index contributed by atoms with van der Waals surface area (Å²) in [5, 5.41) is 0.183. The first-order valence-electron chi connectivity index (χ1n) is 8.90. The SMILES string of the molecule is O=C(OCC1CN(C(=O)CBr)CC1OC(=O)c1ccccc1)c1ccccc1. The van der Waals surface area contributed by atoms with Crippen LogP contribution in [0.4, 0.5) is 0 Å². The minimum Gasteiger partial charge on any atom is -0.462 e. The van der Waals surface area contributed by atoms with E-state index >= 15 is 0 Å². The maximum absolute atomic E-state index is 12.4. The Morgan fingerprint density at radius 1 is 0.893 bits per heavy atom. The fourth-order valence-electron chi connectivity index (χ4n) is 3.04. The summed E-state index contributed by atoms with van der Waals surface area (Å²) in [5.41, 5.74) is 0.888. The molecule has 1 amide bonds. The van der Waals surface area contributed by atoms with Crippen molar-refractivity contribution in [1.29, 1.82) is 0 Å². The lowest BCUT2D eigenvalue weighted by Gasteiger charge is -2.18. The van der Waals surface area contributed by atoms with E-state index in [1.54, 1.807) is 53.4 Å². The summed E-state index contributed by atoms with van der Waals surface area (Å²) in [6.07, 6.45) is -0.542. The van der Waals surface area contributed by atoms with Gasteiger partial charge in [0, 0.05) is 12.5 Å². The molecule has 6 nitrogen and oxygen atoms in total. The Kier molecular flexibility index (Phi) is 6.81. The van der Waals surface area contributed by atoms with E-state index in [-0.39, 0.29) is 30.3 Å². The van der Waals surface area contributed by atoms with E-state index < -0.39 is 18.0 Å². The van der Waals surface area contributed by atoms with Crippen LogP contribution >= 0.6 is 15.9 Å². The van der Waals surface area contributed by atoms with Crippen molar-refractivity contribution in [3.8, 4) is 0 Å². The van der Waals surface area contributed by atoms with E-state index in [4.69, 9.17) is 9.47 Å². The van der Waals surface area contributed by atoms with Crippen molar-refractivity contribution in [3.63, 3.8) is 0 Å². The number of hydrogen-bond acceptors (Lipinski definition) is 5. The summed E-state index contributed by atoms with van der Waals surface area (Å²) in [6.45, 7) is 0.697. The second-order valence-corrected chi connectivity index (χ2v) is 7.03. The number of hydrogen-bond donors (Lipinski definition) is 0. The van der Waals surface area contributed by atoms with E-state index in [0.717, 1.165) is 0 Å². The van der Waals surface area contributed by atoms with Crippen LogP contribution in [0.3, 0.4) is 0 Å². The Hall–Kier alpha value is -2.67. The van der Waals surface area contributed by atoms with Gasteiger partial charge < -0.3 is 14.4 Å². The molecular formula is C21H20BrNO5. The van der Waals surface area contributed by atoms with E-state index in [2.05, 4.69) is 15.9 Å². The molecule has 1 aliphatic rings. The lowest BCUT2D eigenvalue weighted by atomic mass is 10.1. The molecule has 7 heteroatoms. The molecule has 3 rings (SSSR count). The van der Waals surface area contributed by atoms with Crippen LogP contribution in [0.1, 0.15) is 20.7 Å². The molecule has 0 N–H and O–H groups in total. The van der Waals surface area contributed by atoms with E-state index in [0.29, 0.717) is 17.7 Å². The van der Waals surface area contributed by atoms with Crippen LogP contribution in [-0.2, 0) is 14.3 Å². The number of nitrogens with zero attached hydrogens (tertiary/aromatic N) is 1. The van der Waals surface area contributed by atoms with E-state index in [1.165, 1.54) is 0 Å². The van der Waals surface area contributed by atoms with Gasteiger partial charge in [-0.05, 0) is 24.3 Å². The lowest BCUT2D eigenvalue weighted by Crippen LogP contribution is -2.31. The van der Waals surface area contributed by atoms with Gasteiger partial charge in [0.05, 0.1) is 29.6 Å². The maximum atomic E-state index is 12.4. The van der Waals surface area contributed by atoms with Crippen molar-refractivity contribution >= 4 is 33.8 Å². The molecule has 0 spiro atoms. The number of esters is 2. The summed E-state index contributed by atoms with van der Waals surface area (Å²) in [5.74, 6) is -1.29. The third-order valence-electron chi connectivity index (χ3n) is 4.55. The van der Waals surface area contributed by atoms with Crippen LogP contribution in [0.5, 0.6) is 0 Å². The van der Waals surface area contributed by atoms with Gasteiger partial charge in [-0.1, -0.05) is 52.3 Å². The molecule has 0 aliphatic carbocycles. The van der Waals surface area contributed by atoms with Crippen LogP contribution in [0, 0.1) is 5.92 Å². The smallest absolute Gasteiger partial charge is 0.338 e. The fourth-order valence-corrected chi connectivity index (χ4v) is 3.40. The van der Waals surface area contributed by atoms with Gasteiger partial charge in [0.25, 0.3) is 0 Å². The highest BCUT2D eigenvalue weighted by atomic mass is 79.9. The zero-order chi connectivity index (χ0) is 19.9. The first-order valence-corrected chi connectivity index (χ1v) is 10.0. The standard InChI is InChI=1S/C21H20BrNO5/c22-11-19(24)23-12-17(14-27-20(25)15-7-3-1-4-8-15)18(13-23)28-21(26)16-9-5-2-6-10-16/h1-10,17-18H,11-14H2. The Morgan fingerprint density at radius 2 is 1.46 bits per heavy atom. The van der Waals surface area contributed by atoms with Crippen LogP contribution in [0.15, 0.2) is 60.7 Å². The largest absolute Gasteiger partial charge is 0.462 e. The van der Waals surface area contributed by atoms with Crippen molar-refractivity contribution in [2.75, 3.05) is 25.0 Å². The van der Waals surface area contributed by atoms with Gasteiger partial charge in [0.1, 0.15) is 6.10 Å². The van der Waals surface area contributed by atoms with Gasteiger partial charge in [-0.15, -0.1) is 0 Å². The lowest BCUT2D eigenvalue weighted by molar-refractivity contribution is -0.127. The summed E-state index contributed by atoms with van der Waals surface area (Å²) < 4.78 is 11.0. The molecule has 0 radical (unpaired) electrons. The first-order chi connectivity index (χ1) is 13.6.